The predicted octanol–water partition coefficient (Wildman–Crippen LogP) is 22.4. The van der Waals surface area contributed by atoms with Crippen molar-refractivity contribution in [2.24, 2.45) is 0 Å². The number of hydrogen-bond donors (Lipinski definition) is 3. The van der Waals surface area contributed by atoms with Gasteiger partial charge in [0.25, 0.3) is 0 Å². The molecule has 0 aromatic carbocycles. The van der Waals surface area contributed by atoms with Crippen molar-refractivity contribution in [1.29, 1.82) is 0 Å². The number of nitrogens with one attached hydrogen (secondary N) is 1. The average molecular weight is 1050 g/mol. The van der Waals surface area contributed by atoms with Crippen LogP contribution in [0.5, 0.6) is 0 Å². The molecule has 0 fully saturated rings. The van der Waals surface area contributed by atoms with Gasteiger partial charge in [-0.25, -0.2) is 0 Å². The van der Waals surface area contributed by atoms with E-state index in [0.717, 1.165) is 96.3 Å². The van der Waals surface area contributed by atoms with Gasteiger partial charge in [0, 0.05) is 6.42 Å². The molecule has 0 radical (unpaired) electrons. The summed E-state index contributed by atoms with van der Waals surface area (Å²) >= 11 is 0. The monoisotopic (exact) mass is 1050 g/mol. The first kappa shape index (κ1) is 72.8. The van der Waals surface area contributed by atoms with Crippen LogP contribution in [0.1, 0.15) is 309 Å². The lowest BCUT2D eigenvalue weighted by Crippen LogP contribution is -2.45. The number of rotatable bonds is 59. The Bertz CT molecular complexity index is 1470. The molecule has 0 saturated carbocycles. The first-order valence-electron chi connectivity index (χ1n) is 32.7. The highest BCUT2D eigenvalue weighted by molar-refractivity contribution is 5.76. The number of carbonyl (C=O) groups is 1. The lowest BCUT2D eigenvalue weighted by molar-refractivity contribution is -0.123. The van der Waals surface area contributed by atoms with Crippen molar-refractivity contribution in [2.75, 3.05) is 6.61 Å². The maximum Gasteiger partial charge on any atom is 0.220 e. The van der Waals surface area contributed by atoms with E-state index >= 15 is 0 Å². The summed E-state index contributed by atoms with van der Waals surface area (Å²) in [5.41, 5.74) is 0. The molecule has 0 saturated heterocycles. The second-order valence-corrected chi connectivity index (χ2v) is 21.8. The second kappa shape index (κ2) is 66.1. The largest absolute Gasteiger partial charge is 0.394 e. The fraction of sp³-hybridized carbons (Fsp3) is 0.708. The Labute approximate surface area is 473 Å². The highest BCUT2D eigenvalue weighted by Crippen LogP contribution is 2.17. The summed E-state index contributed by atoms with van der Waals surface area (Å²) < 4.78 is 0. The van der Waals surface area contributed by atoms with E-state index in [2.05, 4.69) is 129 Å². The number of allylic oxidation sites excluding steroid dienone is 19. The minimum absolute atomic E-state index is 0.0974. The molecule has 0 aliphatic rings. The van der Waals surface area contributed by atoms with Crippen LogP contribution in [-0.2, 0) is 4.79 Å². The van der Waals surface area contributed by atoms with Crippen LogP contribution in [0.3, 0.4) is 0 Å². The summed E-state index contributed by atoms with van der Waals surface area (Å²) in [6.07, 6.45) is 101. The highest BCUT2D eigenvalue weighted by Gasteiger charge is 2.18. The summed E-state index contributed by atoms with van der Waals surface area (Å²) in [5.74, 6) is -0.0974. The van der Waals surface area contributed by atoms with Gasteiger partial charge in [-0.3, -0.25) is 4.79 Å². The third kappa shape index (κ3) is 61.6. The van der Waals surface area contributed by atoms with Gasteiger partial charge in [0.15, 0.2) is 0 Å². The summed E-state index contributed by atoms with van der Waals surface area (Å²) in [7, 11) is 0. The fourth-order valence-electron chi connectivity index (χ4n) is 9.53. The van der Waals surface area contributed by atoms with Gasteiger partial charge in [0.2, 0.25) is 5.91 Å². The Morgan fingerprint density at radius 2 is 0.579 bits per heavy atom. The zero-order valence-corrected chi connectivity index (χ0v) is 50.2. The third-order valence-corrected chi connectivity index (χ3v) is 14.5. The van der Waals surface area contributed by atoms with Crippen molar-refractivity contribution in [3.8, 4) is 0 Å². The number of carbonyl (C=O) groups excluding carboxylic acids is 1. The first-order chi connectivity index (χ1) is 37.7. The van der Waals surface area contributed by atoms with Crippen LogP contribution in [0.4, 0.5) is 0 Å². The molecule has 436 valence electrons. The van der Waals surface area contributed by atoms with Crippen LogP contribution >= 0.6 is 0 Å². The van der Waals surface area contributed by atoms with Gasteiger partial charge in [0.05, 0.1) is 18.8 Å². The predicted molar refractivity (Wildman–Crippen MR) is 340 cm³/mol. The third-order valence-electron chi connectivity index (χ3n) is 14.5. The molecule has 0 aromatic heterocycles. The van der Waals surface area contributed by atoms with Gasteiger partial charge < -0.3 is 15.5 Å². The van der Waals surface area contributed by atoms with Gasteiger partial charge in [0.1, 0.15) is 0 Å². The molecular weight excluding hydrogens is 927 g/mol. The van der Waals surface area contributed by atoms with Crippen LogP contribution in [0.2, 0.25) is 0 Å². The topological polar surface area (TPSA) is 69.6 Å². The zero-order chi connectivity index (χ0) is 54.8. The molecule has 3 N–H and O–H groups in total. The van der Waals surface area contributed by atoms with Gasteiger partial charge in [-0.05, 0) is 89.9 Å². The lowest BCUT2D eigenvalue weighted by Gasteiger charge is -2.19. The SMILES string of the molecule is CC/C=C\C/C=C\C/C=C\C/C=C\C/C=C\C/C=C\C/C=C\C/C=C\C/C=C\CCCCCC(=O)NC(CO)C(O)/C=C/CCCCCCCCCCCCCCCCCCCCCCCCCCCCCCCCC. The smallest absolute Gasteiger partial charge is 0.220 e. The van der Waals surface area contributed by atoms with Crippen molar-refractivity contribution < 1.29 is 15.0 Å². The molecule has 4 nitrogen and oxygen atoms in total. The van der Waals surface area contributed by atoms with E-state index in [0.29, 0.717) is 6.42 Å². The maximum absolute atomic E-state index is 12.5. The van der Waals surface area contributed by atoms with Gasteiger partial charge >= 0.3 is 0 Å². The van der Waals surface area contributed by atoms with Crippen LogP contribution in [0.15, 0.2) is 122 Å². The molecule has 0 bridgehead atoms. The number of aliphatic hydroxyl groups is 2. The number of hydrogen-bond acceptors (Lipinski definition) is 3. The Morgan fingerprint density at radius 1 is 0.329 bits per heavy atom. The molecule has 1 amide bonds. The molecule has 4 heteroatoms. The van der Waals surface area contributed by atoms with Crippen LogP contribution in [-0.4, -0.2) is 34.9 Å². The first-order valence-corrected chi connectivity index (χ1v) is 32.7. The number of amides is 1. The van der Waals surface area contributed by atoms with E-state index in [4.69, 9.17) is 0 Å². The molecular formula is C72H125NO3. The Kier molecular flexibility index (Phi) is 63.3. The van der Waals surface area contributed by atoms with Gasteiger partial charge in [-0.1, -0.05) is 334 Å². The van der Waals surface area contributed by atoms with E-state index in [1.54, 1.807) is 6.08 Å². The fourth-order valence-corrected chi connectivity index (χ4v) is 9.53. The summed E-state index contributed by atoms with van der Waals surface area (Å²) in [4.78, 5) is 12.5. The Morgan fingerprint density at radius 3 is 0.868 bits per heavy atom. The van der Waals surface area contributed by atoms with Crippen LogP contribution in [0, 0.1) is 0 Å². The average Bonchev–Trinajstić information content (AvgIpc) is 3.42. The Balaban J connectivity index is 3.58. The van der Waals surface area contributed by atoms with Crippen LogP contribution in [0.25, 0.3) is 0 Å². The van der Waals surface area contributed by atoms with Crippen molar-refractivity contribution in [3.63, 3.8) is 0 Å². The summed E-state index contributed by atoms with van der Waals surface area (Å²) in [5, 5.41) is 23.2. The molecule has 2 unspecified atom stereocenters. The molecule has 0 rings (SSSR count). The van der Waals surface area contributed by atoms with E-state index in [9.17, 15) is 15.0 Å². The highest BCUT2D eigenvalue weighted by atomic mass is 16.3. The van der Waals surface area contributed by atoms with Crippen LogP contribution < -0.4 is 5.32 Å². The minimum atomic E-state index is -0.865. The Hall–Kier alpha value is -3.21. The molecule has 0 heterocycles. The van der Waals surface area contributed by atoms with Crippen molar-refractivity contribution in [1.82, 2.24) is 5.32 Å². The number of aliphatic hydroxyl groups excluding tert-OH is 2. The molecule has 2 atom stereocenters. The van der Waals surface area contributed by atoms with E-state index in [1.165, 1.54) is 193 Å². The minimum Gasteiger partial charge on any atom is -0.394 e. The van der Waals surface area contributed by atoms with E-state index < -0.39 is 12.1 Å². The zero-order valence-electron chi connectivity index (χ0n) is 50.2. The van der Waals surface area contributed by atoms with Gasteiger partial charge in [-0.2, -0.15) is 0 Å². The normalized spacial score (nSPS) is 13.6. The second-order valence-electron chi connectivity index (χ2n) is 21.8. The van der Waals surface area contributed by atoms with Gasteiger partial charge in [-0.15, -0.1) is 0 Å². The maximum atomic E-state index is 12.5. The summed E-state index contributed by atoms with van der Waals surface area (Å²) in [6.45, 7) is 4.20. The number of unbranched alkanes of at least 4 members (excludes halogenated alkanes) is 34. The molecule has 0 spiro atoms. The lowest BCUT2D eigenvalue weighted by atomic mass is 10.0. The quantitative estimate of drug-likeness (QED) is 0.0420. The van der Waals surface area contributed by atoms with Crippen molar-refractivity contribution >= 4 is 5.91 Å². The van der Waals surface area contributed by atoms with E-state index in [1.807, 2.05) is 6.08 Å². The van der Waals surface area contributed by atoms with Crippen molar-refractivity contribution in [3.05, 3.63) is 122 Å². The van der Waals surface area contributed by atoms with Crippen molar-refractivity contribution in [2.45, 2.75) is 321 Å². The summed E-state index contributed by atoms with van der Waals surface area (Å²) in [6, 6.07) is -0.652. The molecule has 0 aliphatic carbocycles. The van der Waals surface area contributed by atoms with E-state index in [-0.39, 0.29) is 12.5 Å². The molecule has 0 aliphatic heterocycles. The molecule has 0 aromatic rings. The standard InChI is InChI=1S/C72H125NO3/c1-3-5-7-9-11-13-15-17-19-21-23-25-27-29-31-33-35-36-38-39-41-43-45-47-49-51-53-55-57-59-61-63-65-67-71(75)70(69-74)73-72(76)68-66-64-62-60-58-56-54-52-50-48-46-44-42-40-37-34-32-30-28-26-24-22-20-18-16-14-12-10-8-6-4-2/h6,8,12,14,18,20,24,26,30,32,37,40,44,46,50,52,56,58,65,67,70-71,74-75H,3-5,7,9-11,13,15-17,19,21-23,25,27-29,31,33-36,38-39,41-43,45,47-49,51,53-55,57,59-64,66,68-69H2,1-2H3,(H,73,76)/b8-6-,14-12-,20-18-,26-24-,32-30-,40-37-,46-44-,52-50-,58-56-,67-65+. The molecule has 76 heavy (non-hydrogen) atoms.